The van der Waals surface area contributed by atoms with Gasteiger partial charge in [0.2, 0.25) is 0 Å². The van der Waals surface area contributed by atoms with Gasteiger partial charge in [-0.25, -0.2) is 0 Å². The molecule has 0 unspecified atom stereocenters. The quantitative estimate of drug-likeness (QED) is 0.178. The maximum Gasteiger partial charge on any atom is 0.0260 e. The second kappa shape index (κ2) is 6.88. The van der Waals surface area contributed by atoms with Crippen LogP contribution in [-0.4, -0.2) is 0 Å². The first-order valence-electron chi connectivity index (χ1n) is 13.2. The van der Waals surface area contributed by atoms with Gasteiger partial charge in [-0.05, 0) is 125 Å². The zero-order valence-corrected chi connectivity index (χ0v) is 23.3. The number of fused-ring (bicyclic) bond motifs is 2. The van der Waals surface area contributed by atoms with Gasteiger partial charge < -0.3 is 0 Å². The Morgan fingerprint density at radius 2 is 1.17 bits per heavy atom. The highest BCUT2D eigenvalue weighted by atomic mass is 79.9. The van der Waals surface area contributed by atoms with E-state index in [1.165, 1.54) is 47.9 Å². The van der Waals surface area contributed by atoms with Gasteiger partial charge in [0.15, 0.2) is 0 Å². The minimum absolute atomic E-state index is 0.126. The monoisotopic (exact) mass is 520 g/mol. The van der Waals surface area contributed by atoms with Crippen LogP contribution in [0.1, 0.15) is 74.9 Å². The largest absolute Gasteiger partial charge is 0.0561 e. The fourth-order valence-corrected chi connectivity index (χ4v) is 7.38. The summed E-state index contributed by atoms with van der Waals surface area (Å²) in [7, 11) is 0. The first kappa shape index (κ1) is 21.9. The predicted octanol–water partition coefficient (Wildman–Crippen LogP) is 9.81. The molecule has 1 heteroatoms. The fourth-order valence-electron chi connectivity index (χ4n) is 6.84. The van der Waals surface area contributed by atoms with Crippen LogP contribution in [0.3, 0.4) is 0 Å². The van der Waals surface area contributed by atoms with Crippen molar-refractivity contribution in [3.8, 4) is 11.1 Å². The molecule has 0 radical (unpaired) electrons. The van der Waals surface area contributed by atoms with Crippen LogP contribution in [0.2, 0.25) is 0 Å². The molecule has 35 heavy (non-hydrogen) atoms. The highest BCUT2D eigenvalue weighted by Crippen LogP contribution is 2.51. The Labute approximate surface area is 217 Å². The highest BCUT2D eigenvalue weighted by Gasteiger charge is 2.31. The Hall–Kier alpha value is -2.38. The van der Waals surface area contributed by atoms with Gasteiger partial charge in [-0.2, -0.15) is 0 Å². The van der Waals surface area contributed by atoms with Crippen molar-refractivity contribution in [3.05, 3.63) is 80.3 Å². The first-order chi connectivity index (χ1) is 16.5. The molecule has 0 heterocycles. The lowest BCUT2D eigenvalue weighted by Crippen LogP contribution is -2.19. The SMILES string of the molecule is CC(C)(C)c1cc2c3c(c1)CCc1c-3c(c3ccc4cc(C(C)(C)C)cc5c(Br)cc1c3c45)CC2. The third kappa shape index (κ3) is 2.97. The van der Waals surface area contributed by atoms with Gasteiger partial charge in [-0.1, -0.05) is 87.8 Å². The summed E-state index contributed by atoms with van der Waals surface area (Å²) < 4.78 is 1.23. The molecule has 0 nitrogen and oxygen atoms in total. The molecule has 0 aliphatic heterocycles. The van der Waals surface area contributed by atoms with E-state index in [1.54, 1.807) is 33.4 Å². The van der Waals surface area contributed by atoms with Crippen molar-refractivity contribution in [3.63, 3.8) is 0 Å². The third-order valence-electron chi connectivity index (χ3n) is 8.74. The van der Waals surface area contributed by atoms with Crippen LogP contribution in [0.25, 0.3) is 43.4 Å². The minimum atomic E-state index is 0.126. The van der Waals surface area contributed by atoms with Crippen molar-refractivity contribution in [2.75, 3.05) is 0 Å². The van der Waals surface area contributed by atoms with Crippen LogP contribution in [-0.2, 0) is 36.5 Å². The molecule has 0 bridgehead atoms. The Morgan fingerprint density at radius 3 is 1.80 bits per heavy atom. The molecule has 5 aromatic carbocycles. The topological polar surface area (TPSA) is 0 Å². The number of rotatable bonds is 0. The van der Waals surface area contributed by atoms with Crippen molar-refractivity contribution >= 4 is 48.2 Å². The van der Waals surface area contributed by atoms with Crippen LogP contribution >= 0.6 is 15.9 Å². The number of benzene rings is 5. The van der Waals surface area contributed by atoms with E-state index in [4.69, 9.17) is 0 Å². The van der Waals surface area contributed by atoms with Gasteiger partial charge in [0, 0.05) is 4.47 Å². The molecule has 0 saturated carbocycles. The van der Waals surface area contributed by atoms with E-state index >= 15 is 0 Å². The van der Waals surface area contributed by atoms with Gasteiger partial charge >= 0.3 is 0 Å². The van der Waals surface area contributed by atoms with Crippen molar-refractivity contribution in [1.29, 1.82) is 0 Å². The van der Waals surface area contributed by atoms with Crippen LogP contribution in [0.5, 0.6) is 0 Å². The summed E-state index contributed by atoms with van der Waals surface area (Å²) in [6.07, 6.45) is 4.58. The Bertz CT molecular complexity index is 1690. The number of hydrogen-bond acceptors (Lipinski definition) is 0. The summed E-state index contributed by atoms with van der Waals surface area (Å²) in [6.45, 7) is 14.0. The zero-order valence-electron chi connectivity index (χ0n) is 21.7. The molecule has 0 amide bonds. The molecule has 0 saturated heterocycles. The van der Waals surface area contributed by atoms with E-state index in [1.807, 2.05) is 0 Å². The van der Waals surface area contributed by atoms with Crippen LogP contribution in [0.15, 0.2) is 46.9 Å². The fraction of sp³-hybridized carbons (Fsp3) is 0.353. The molecular weight excluding hydrogens is 488 g/mol. The normalized spacial score (nSPS) is 15.4. The van der Waals surface area contributed by atoms with Crippen LogP contribution in [0, 0.1) is 0 Å². The van der Waals surface area contributed by atoms with E-state index in [0.29, 0.717) is 0 Å². The van der Waals surface area contributed by atoms with Crippen molar-refractivity contribution in [1.82, 2.24) is 0 Å². The lowest BCUT2D eigenvalue weighted by molar-refractivity contribution is 0.587. The zero-order chi connectivity index (χ0) is 24.4. The second-order valence-electron chi connectivity index (χ2n) is 13.0. The maximum atomic E-state index is 4.02. The van der Waals surface area contributed by atoms with Gasteiger partial charge in [0.1, 0.15) is 0 Å². The molecular formula is C34H33Br. The van der Waals surface area contributed by atoms with Crippen LogP contribution in [0.4, 0.5) is 0 Å². The molecule has 0 atom stereocenters. The number of hydrogen-bond donors (Lipinski definition) is 0. The molecule has 0 aromatic heterocycles. The van der Waals surface area contributed by atoms with Gasteiger partial charge in [0.05, 0.1) is 0 Å². The molecule has 5 aromatic rings. The van der Waals surface area contributed by atoms with Gasteiger partial charge in [-0.3, -0.25) is 0 Å². The van der Waals surface area contributed by atoms with E-state index < -0.39 is 0 Å². The van der Waals surface area contributed by atoms with E-state index in [-0.39, 0.29) is 10.8 Å². The van der Waals surface area contributed by atoms with E-state index in [2.05, 4.69) is 99.9 Å². The predicted molar refractivity (Wildman–Crippen MR) is 155 cm³/mol. The maximum absolute atomic E-state index is 4.02. The Morgan fingerprint density at radius 1 is 0.571 bits per heavy atom. The summed E-state index contributed by atoms with van der Waals surface area (Å²) in [4.78, 5) is 0. The van der Waals surface area contributed by atoms with E-state index in [9.17, 15) is 0 Å². The van der Waals surface area contributed by atoms with Crippen LogP contribution < -0.4 is 0 Å². The Balaban J connectivity index is 1.61. The third-order valence-corrected chi connectivity index (χ3v) is 9.40. The molecule has 176 valence electrons. The lowest BCUT2D eigenvalue weighted by Gasteiger charge is -2.34. The van der Waals surface area contributed by atoms with Crippen molar-refractivity contribution in [2.45, 2.75) is 78.1 Å². The molecule has 0 fully saturated rings. The summed E-state index contributed by atoms with van der Waals surface area (Å²) in [5, 5.41) is 8.61. The van der Waals surface area contributed by atoms with Crippen molar-refractivity contribution < 1.29 is 0 Å². The summed E-state index contributed by atoms with van der Waals surface area (Å²) in [5.74, 6) is 0. The standard InChI is InChI=1S/C34H33Br/c1-33(2,3)21-13-18-7-10-23-24-11-9-20-15-22(34(4,5)6)16-27-28(35)17-26(32(24)30(20)27)25-12-8-19(14-21)29(18)31(23)25/h9,11,13-17H,7-8,10,12H2,1-6H3. The highest BCUT2D eigenvalue weighted by molar-refractivity contribution is 9.10. The average Bonchev–Trinajstić information content (AvgIpc) is 2.80. The smallest absolute Gasteiger partial charge is 0.0260 e. The lowest BCUT2D eigenvalue weighted by atomic mass is 9.70. The second-order valence-corrected chi connectivity index (χ2v) is 13.9. The van der Waals surface area contributed by atoms with E-state index in [0.717, 1.165) is 25.7 Å². The summed E-state index contributed by atoms with van der Waals surface area (Å²) >= 11 is 4.02. The average molecular weight is 522 g/mol. The molecule has 0 spiro atoms. The van der Waals surface area contributed by atoms with Gasteiger partial charge in [0.25, 0.3) is 0 Å². The number of aryl methyl sites for hydroxylation is 4. The minimum Gasteiger partial charge on any atom is -0.0561 e. The molecule has 2 aliphatic rings. The molecule has 7 rings (SSSR count). The summed E-state index contributed by atoms with van der Waals surface area (Å²) in [5.41, 5.74) is 12.7. The molecule has 0 N–H and O–H groups in total. The summed E-state index contributed by atoms with van der Waals surface area (Å²) in [6, 6.07) is 17.2. The van der Waals surface area contributed by atoms with Crippen molar-refractivity contribution in [2.24, 2.45) is 0 Å². The number of halogens is 1. The molecule has 2 aliphatic carbocycles. The van der Waals surface area contributed by atoms with Gasteiger partial charge in [-0.15, -0.1) is 0 Å². The Kier molecular flexibility index (Phi) is 4.30. The first-order valence-corrected chi connectivity index (χ1v) is 13.9.